The molecule has 0 spiro atoms. The number of aromatic amines is 1. The number of hydrogen-bond acceptors (Lipinski definition) is 4. The van der Waals surface area contributed by atoms with Gasteiger partial charge in [-0.15, -0.1) is 0 Å². The van der Waals surface area contributed by atoms with Crippen molar-refractivity contribution in [3.63, 3.8) is 0 Å². The van der Waals surface area contributed by atoms with E-state index in [9.17, 15) is 9.59 Å². The molecule has 0 radical (unpaired) electrons. The Morgan fingerprint density at radius 1 is 1.62 bits per heavy atom. The molecule has 3 N–H and O–H groups in total. The van der Waals surface area contributed by atoms with Crippen LogP contribution in [0.1, 0.15) is 30.8 Å². The van der Waals surface area contributed by atoms with Crippen molar-refractivity contribution in [3.05, 3.63) is 28.2 Å². The molecule has 0 bridgehead atoms. The molecule has 1 atom stereocenters. The van der Waals surface area contributed by atoms with Crippen molar-refractivity contribution >= 4 is 5.91 Å². The molecule has 0 saturated carbocycles. The van der Waals surface area contributed by atoms with Gasteiger partial charge in [0.05, 0.1) is 12.1 Å². The lowest BCUT2D eigenvalue weighted by atomic mass is 10.00. The molecule has 88 valence electrons. The quantitative estimate of drug-likeness (QED) is 0.653. The Bertz CT molecular complexity index is 403. The lowest BCUT2D eigenvalue weighted by molar-refractivity contribution is 0.0841. The fraction of sp³-hybridized carbons (Fsp3) is 0.500. The molecule has 1 aromatic rings. The third-order valence-corrected chi connectivity index (χ3v) is 2.46. The number of aromatic nitrogens is 2. The van der Waals surface area contributed by atoms with Crippen LogP contribution < -0.4 is 10.9 Å². The summed E-state index contributed by atoms with van der Waals surface area (Å²) in [5.74, 6) is -0.422. The number of H-pyrrole nitrogens is 1. The zero-order valence-corrected chi connectivity index (χ0v) is 9.28. The monoisotopic (exact) mass is 225 g/mol. The number of aliphatic hydroxyl groups excluding tert-OH is 1. The summed E-state index contributed by atoms with van der Waals surface area (Å²) in [6.07, 6.45) is 0.596. The predicted molar refractivity (Wildman–Crippen MR) is 58.1 cm³/mol. The van der Waals surface area contributed by atoms with Crippen molar-refractivity contribution in [2.24, 2.45) is 0 Å². The molecule has 1 aromatic heterocycles. The van der Waals surface area contributed by atoms with Crippen LogP contribution in [0.5, 0.6) is 0 Å². The van der Waals surface area contributed by atoms with E-state index >= 15 is 0 Å². The van der Waals surface area contributed by atoms with Gasteiger partial charge in [-0.2, -0.15) is 5.10 Å². The van der Waals surface area contributed by atoms with E-state index in [2.05, 4.69) is 15.5 Å². The minimum atomic E-state index is -0.672. The number of hydrogen-bond donors (Lipinski definition) is 3. The van der Waals surface area contributed by atoms with E-state index in [1.165, 1.54) is 12.1 Å². The van der Waals surface area contributed by atoms with Gasteiger partial charge in [0.2, 0.25) is 0 Å². The van der Waals surface area contributed by atoms with Crippen molar-refractivity contribution in [1.82, 2.24) is 15.5 Å². The third kappa shape index (κ3) is 2.90. The van der Waals surface area contributed by atoms with E-state index in [-0.39, 0.29) is 17.9 Å². The lowest BCUT2D eigenvalue weighted by Gasteiger charge is -2.26. The number of carbonyl (C=O) groups is 1. The van der Waals surface area contributed by atoms with Gasteiger partial charge in [-0.1, -0.05) is 6.92 Å². The van der Waals surface area contributed by atoms with Crippen LogP contribution in [0.15, 0.2) is 16.9 Å². The van der Waals surface area contributed by atoms with Crippen LogP contribution in [0.4, 0.5) is 0 Å². The van der Waals surface area contributed by atoms with Gasteiger partial charge < -0.3 is 10.4 Å². The molecule has 6 nitrogen and oxygen atoms in total. The standard InChI is InChI=1S/C10H15N3O3/c1-3-10(2,6-14)11-9(16)7-4-5-8(15)13-12-7/h4-5,14H,3,6H2,1-2H3,(H,11,16)(H,13,15). The van der Waals surface area contributed by atoms with Gasteiger partial charge in [-0.05, 0) is 19.4 Å². The van der Waals surface area contributed by atoms with Crippen LogP contribution >= 0.6 is 0 Å². The van der Waals surface area contributed by atoms with Crippen LogP contribution in [0.25, 0.3) is 0 Å². The number of amides is 1. The second-order valence-electron chi connectivity index (χ2n) is 3.83. The molecule has 0 aromatic carbocycles. The minimum absolute atomic E-state index is 0.118. The first-order valence-corrected chi connectivity index (χ1v) is 5.00. The summed E-state index contributed by atoms with van der Waals surface area (Å²) in [7, 11) is 0. The Hall–Kier alpha value is -1.69. The topological polar surface area (TPSA) is 95.1 Å². The first-order chi connectivity index (χ1) is 7.50. The van der Waals surface area contributed by atoms with E-state index in [1.807, 2.05) is 6.92 Å². The number of carbonyl (C=O) groups excluding carboxylic acids is 1. The average molecular weight is 225 g/mol. The molecule has 1 rings (SSSR count). The van der Waals surface area contributed by atoms with Crippen molar-refractivity contribution in [2.75, 3.05) is 6.61 Å². The molecule has 0 saturated heterocycles. The second kappa shape index (κ2) is 4.89. The fourth-order valence-corrected chi connectivity index (χ4v) is 1.05. The molecule has 1 amide bonds. The fourth-order valence-electron chi connectivity index (χ4n) is 1.05. The third-order valence-electron chi connectivity index (χ3n) is 2.46. The van der Waals surface area contributed by atoms with E-state index in [0.29, 0.717) is 6.42 Å². The highest BCUT2D eigenvalue weighted by Gasteiger charge is 2.24. The number of rotatable bonds is 4. The molecular formula is C10H15N3O3. The Morgan fingerprint density at radius 2 is 2.31 bits per heavy atom. The van der Waals surface area contributed by atoms with Gasteiger partial charge in [0.1, 0.15) is 5.69 Å². The second-order valence-corrected chi connectivity index (χ2v) is 3.83. The highest BCUT2D eigenvalue weighted by Crippen LogP contribution is 2.08. The molecule has 16 heavy (non-hydrogen) atoms. The van der Waals surface area contributed by atoms with Crippen molar-refractivity contribution in [3.8, 4) is 0 Å². The Labute approximate surface area is 92.7 Å². The Balaban J connectivity index is 2.80. The summed E-state index contributed by atoms with van der Waals surface area (Å²) in [6, 6.07) is 2.56. The summed E-state index contributed by atoms with van der Waals surface area (Å²) >= 11 is 0. The van der Waals surface area contributed by atoms with Crippen LogP contribution in [0.2, 0.25) is 0 Å². The molecule has 6 heteroatoms. The average Bonchev–Trinajstić information content (AvgIpc) is 2.29. The lowest BCUT2D eigenvalue weighted by Crippen LogP contribution is -2.48. The molecular weight excluding hydrogens is 210 g/mol. The molecule has 0 aliphatic heterocycles. The molecule has 0 fully saturated rings. The highest BCUT2D eigenvalue weighted by molar-refractivity contribution is 5.92. The Morgan fingerprint density at radius 3 is 2.75 bits per heavy atom. The smallest absolute Gasteiger partial charge is 0.272 e. The van der Waals surface area contributed by atoms with Gasteiger partial charge in [0.15, 0.2) is 0 Å². The summed E-state index contributed by atoms with van der Waals surface area (Å²) in [6.45, 7) is 3.44. The zero-order chi connectivity index (χ0) is 12.2. The van der Waals surface area contributed by atoms with E-state index in [1.54, 1.807) is 6.92 Å². The van der Waals surface area contributed by atoms with Gasteiger partial charge in [-0.3, -0.25) is 9.59 Å². The van der Waals surface area contributed by atoms with Crippen LogP contribution in [-0.2, 0) is 0 Å². The number of nitrogens with zero attached hydrogens (tertiary/aromatic N) is 1. The maximum absolute atomic E-state index is 11.7. The van der Waals surface area contributed by atoms with E-state index in [4.69, 9.17) is 5.11 Å². The molecule has 1 heterocycles. The van der Waals surface area contributed by atoms with Gasteiger partial charge >= 0.3 is 0 Å². The Kier molecular flexibility index (Phi) is 3.78. The van der Waals surface area contributed by atoms with Crippen LogP contribution in [0, 0.1) is 0 Å². The van der Waals surface area contributed by atoms with Crippen LogP contribution in [0.3, 0.4) is 0 Å². The summed E-state index contributed by atoms with van der Waals surface area (Å²) in [5.41, 5.74) is -0.917. The van der Waals surface area contributed by atoms with Gasteiger partial charge in [0.25, 0.3) is 11.5 Å². The van der Waals surface area contributed by atoms with Gasteiger partial charge in [-0.25, -0.2) is 5.10 Å². The number of aliphatic hydroxyl groups is 1. The maximum Gasteiger partial charge on any atom is 0.272 e. The van der Waals surface area contributed by atoms with Crippen molar-refractivity contribution in [2.45, 2.75) is 25.8 Å². The summed E-state index contributed by atoms with van der Waals surface area (Å²) in [4.78, 5) is 22.4. The number of nitrogens with one attached hydrogen (secondary N) is 2. The summed E-state index contributed by atoms with van der Waals surface area (Å²) < 4.78 is 0. The molecule has 0 aliphatic rings. The molecule has 1 unspecified atom stereocenters. The molecule has 0 aliphatic carbocycles. The zero-order valence-electron chi connectivity index (χ0n) is 9.28. The van der Waals surface area contributed by atoms with E-state index in [0.717, 1.165) is 0 Å². The minimum Gasteiger partial charge on any atom is -0.394 e. The SMILES string of the molecule is CCC(C)(CO)NC(=O)c1ccc(=O)[nH]n1. The van der Waals surface area contributed by atoms with Crippen molar-refractivity contribution in [1.29, 1.82) is 0 Å². The first-order valence-electron chi connectivity index (χ1n) is 5.00. The normalized spacial score (nSPS) is 14.2. The highest BCUT2D eigenvalue weighted by atomic mass is 16.3. The summed E-state index contributed by atoms with van der Waals surface area (Å²) in [5, 5.41) is 17.6. The van der Waals surface area contributed by atoms with Crippen LogP contribution in [-0.4, -0.2) is 33.4 Å². The maximum atomic E-state index is 11.7. The largest absolute Gasteiger partial charge is 0.394 e. The van der Waals surface area contributed by atoms with E-state index < -0.39 is 11.4 Å². The first kappa shape index (κ1) is 12.4. The van der Waals surface area contributed by atoms with Crippen molar-refractivity contribution < 1.29 is 9.90 Å². The predicted octanol–water partition coefficient (Wildman–Crippen LogP) is -0.339. The van der Waals surface area contributed by atoms with Gasteiger partial charge in [0, 0.05) is 6.07 Å².